The van der Waals surface area contributed by atoms with Crippen molar-refractivity contribution >= 4 is 23.5 Å². The Balaban J connectivity index is 1.69. The number of hydrogen-bond acceptors (Lipinski definition) is 6. The van der Waals surface area contributed by atoms with E-state index in [1.807, 2.05) is 43.7 Å². The van der Waals surface area contributed by atoms with Crippen molar-refractivity contribution in [3.63, 3.8) is 0 Å². The Bertz CT molecular complexity index is 1030. The Hall–Kier alpha value is -3.13. The molecule has 3 aromatic rings. The standard InChI is InChI=1S/C23H26N4O3S/c1-15(2)20(24-22(29)17-8-6-5-7-9-17)21-25-26-23(27(21)3)31-14-19(28)16-10-12-18(30-4)13-11-16/h5-13,15,20H,14H2,1-4H3,(H,24,29)/t20-/m1/s1. The van der Waals surface area contributed by atoms with Crippen molar-refractivity contribution in [1.29, 1.82) is 0 Å². The topological polar surface area (TPSA) is 86.1 Å². The normalized spacial score (nSPS) is 11.9. The van der Waals surface area contributed by atoms with E-state index in [0.29, 0.717) is 27.9 Å². The van der Waals surface area contributed by atoms with Gasteiger partial charge in [-0.25, -0.2) is 0 Å². The largest absolute Gasteiger partial charge is 0.497 e. The van der Waals surface area contributed by atoms with Gasteiger partial charge >= 0.3 is 0 Å². The molecule has 1 heterocycles. The maximum atomic E-state index is 12.6. The van der Waals surface area contributed by atoms with Crippen molar-refractivity contribution in [3.8, 4) is 5.75 Å². The lowest BCUT2D eigenvalue weighted by Crippen LogP contribution is -2.33. The summed E-state index contributed by atoms with van der Waals surface area (Å²) < 4.78 is 6.96. The van der Waals surface area contributed by atoms with Crippen LogP contribution in [0.4, 0.5) is 0 Å². The molecule has 0 saturated carbocycles. The zero-order valence-electron chi connectivity index (χ0n) is 18.0. The molecule has 1 atom stereocenters. The molecule has 0 unspecified atom stereocenters. The molecule has 162 valence electrons. The highest BCUT2D eigenvalue weighted by Crippen LogP contribution is 2.25. The molecule has 0 aliphatic heterocycles. The minimum absolute atomic E-state index is 0.00464. The van der Waals surface area contributed by atoms with Crippen LogP contribution in [0.15, 0.2) is 59.8 Å². The Morgan fingerprint density at radius 2 is 1.71 bits per heavy atom. The van der Waals surface area contributed by atoms with E-state index in [1.54, 1.807) is 43.5 Å². The summed E-state index contributed by atoms with van der Waals surface area (Å²) in [6.07, 6.45) is 0. The van der Waals surface area contributed by atoms with Crippen LogP contribution >= 0.6 is 11.8 Å². The summed E-state index contributed by atoms with van der Waals surface area (Å²) in [6, 6.07) is 15.8. The van der Waals surface area contributed by atoms with Gasteiger partial charge in [0, 0.05) is 18.2 Å². The zero-order valence-corrected chi connectivity index (χ0v) is 18.8. The van der Waals surface area contributed by atoms with Crippen molar-refractivity contribution in [2.75, 3.05) is 12.9 Å². The van der Waals surface area contributed by atoms with Gasteiger partial charge in [0.2, 0.25) is 0 Å². The molecule has 0 spiro atoms. The van der Waals surface area contributed by atoms with E-state index in [0.717, 1.165) is 0 Å². The van der Waals surface area contributed by atoms with Gasteiger partial charge in [0.05, 0.1) is 18.9 Å². The highest BCUT2D eigenvalue weighted by atomic mass is 32.2. The number of benzene rings is 2. The van der Waals surface area contributed by atoms with Crippen LogP contribution in [0.1, 0.15) is 46.4 Å². The maximum Gasteiger partial charge on any atom is 0.251 e. The first-order chi connectivity index (χ1) is 14.9. The quantitative estimate of drug-likeness (QED) is 0.402. The lowest BCUT2D eigenvalue weighted by atomic mass is 10.0. The molecule has 0 saturated heterocycles. The molecule has 7 nitrogen and oxygen atoms in total. The molecule has 31 heavy (non-hydrogen) atoms. The number of hydrogen-bond donors (Lipinski definition) is 1. The predicted octanol–water partition coefficient (Wildman–Crippen LogP) is 3.93. The summed E-state index contributed by atoms with van der Waals surface area (Å²) in [5.41, 5.74) is 1.21. The van der Waals surface area contributed by atoms with Gasteiger partial charge in [0.25, 0.3) is 5.91 Å². The first kappa shape index (κ1) is 22.6. The van der Waals surface area contributed by atoms with Crippen molar-refractivity contribution in [3.05, 3.63) is 71.5 Å². The molecule has 0 radical (unpaired) electrons. The third-order valence-corrected chi connectivity index (χ3v) is 5.90. The fraction of sp³-hybridized carbons (Fsp3) is 0.304. The van der Waals surface area contributed by atoms with Gasteiger partial charge in [-0.1, -0.05) is 43.8 Å². The van der Waals surface area contributed by atoms with Gasteiger partial charge < -0.3 is 14.6 Å². The lowest BCUT2D eigenvalue weighted by molar-refractivity contribution is 0.0921. The Kier molecular flexibility index (Phi) is 7.46. The summed E-state index contributed by atoms with van der Waals surface area (Å²) in [7, 11) is 3.44. The van der Waals surface area contributed by atoms with E-state index < -0.39 is 0 Å². The van der Waals surface area contributed by atoms with Gasteiger partial charge in [-0.05, 0) is 42.3 Å². The van der Waals surface area contributed by atoms with Crippen LogP contribution in [0.5, 0.6) is 5.75 Å². The second-order valence-electron chi connectivity index (χ2n) is 7.40. The second kappa shape index (κ2) is 10.3. The Labute approximate surface area is 186 Å². The Morgan fingerprint density at radius 3 is 2.32 bits per heavy atom. The number of nitrogens with one attached hydrogen (secondary N) is 1. The molecule has 0 bridgehead atoms. The second-order valence-corrected chi connectivity index (χ2v) is 8.34. The number of ether oxygens (including phenoxy) is 1. The fourth-order valence-electron chi connectivity index (χ4n) is 3.06. The number of aromatic nitrogens is 3. The van der Waals surface area contributed by atoms with Crippen LogP contribution in [-0.2, 0) is 7.05 Å². The van der Waals surface area contributed by atoms with Crippen LogP contribution in [0, 0.1) is 5.92 Å². The number of carbonyl (C=O) groups excluding carboxylic acids is 2. The smallest absolute Gasteiger partial charge is 0.251 e. The molecule has 1 amide bonds. The van der Waals surface area contributed by atoms with Gasteiger partial charge in [-0.15, -0.1) is 10.2 Å². The van der Waals surface area contributed by atoms with Gasteiger partial charge in [0.1, 0.15) is 5.75 Å². The summed E-state index contributed by atoms with van der Waals surface area (Å²) in [5.74, 6) is 1.54. The van der Waals surface area contributed by atoms with Crippen molar-refractivity contribution in [1.82, 2.24) is 20.1 Å². The molecule has 1 N–H and O–H groups in total. The minimum Gasteiger partial charge on any atom is -0.497 e. The van der Waals surface area contributed by atoms with Crippen LogP contribution in [-0.4, -0.2) is 39.3 Å². The molecule has 1 aromatic heterocycles. The van der Waals surface area contributed by atoms with E-state index in [2.05, 4.69) is 15.5 Å². The number of rotatable bonds is 9. The fourth-order valence-corrected chi connectivity index (χ4v) is 3.87. The number of methoxy groups -OCH3 is 1. The first-order valence-electron chi connectivity index (χ1n) is 9.96. The van der Waals surface area contributed by atoms with E-state index in [9.17, 15) is 9.59 Å². The van der Waals surface area contributed by atoms with E-state index in [-0.39, 0.29) is 29.4 Å². The van der Waals surface area contributed by atoms with Gasteiger partial charge in [0.15, 0.2) is 16.8 Å². The minimum atomic E-state index is -0.308. The van der Waals surface area contributed by atoms with Crippen molar-refractivity contribution in [2.24, 2.45) is 13.0 Å². The van der Waals surface area contributed by atoms with Crippen molar-refractivity contribution in [2.45, 2.75) is 25.0 Å². The average Bonchev–Trinajstić information content (AvgIpc) is 3.15. The number of thioether (sulfide) groups is 1. The molecule has 0 fully saturated rings. The van der Waals surface area contributed by atoms with Crippen LogP contribution in [0.3, 0.4) is 0 Å². The molecule has 2 aromatic carbocycles. The molecule has 0 aliphatic rings. The van der Waals surface area contributed by atoms with Crippen molar-refractivity contribution < 1.29 is 14.3 Å². The summed E-state index contributed by atoms with van der Waals surface area (Å²) >= 11 is 1.32. The molecule has 0 aliphatic carbocycles. The number of Topliss-reactive ketones (excluding diaryl/α,β-unsaturated/α-hetero) is 1. The van der Waals surface area contributed by atoms with E-state index >= 15 is 0 Å². The molecular formula is C23H26N4O3S. The van der Waals surface area contributed by atoms with E-state index in [4.69, 9.17) is 4.74 Å². The summed E-state index contributed by atoms with van der Waals surface area (Å²) in [5, 5.41) is 12.2. The molecule has 3 rings (SSSR count). The average molecular weight is 439 g/mol. The van der Waals surface area contributed by atoms with Gasteiger partial charge in [-0.3, -0.25) is 9.59 Å². The number of nitrogens with zero attached hydrogens (tertiary/aromatic N) is 3. The maximum absolute atomic E-state index is 12.6. The summed E-state index contributed by atoms with van der Waals surface area (Å²) in [4.78, 5) is 25.1. The Morgan fingerprint density at radius 1 is 1.03 bits per heavy atom. The highest BCUT2D eigenvalue weighted by Gasteiger charge is 2.25. The SMILES string of the molecule is COc1ccc(C(=O)CSc2nnc([C@H](NC(=O)c3ccccc3)C(C)C)n2C)cc1. The monoisotopic (exact) mass is 438 g/mol. The van der Waals surface area contributed by atoms with Crippen LogP contribution in [0.25, 0.3) is 0 Å². The summed E-state index contributed by atoms with van der Waals surface area (Å²) in [6.45, 7) is 4.04. The lowest BCUT2D eigenvalue weighted by Gasteiger charge is -2.21. The van der Waals surface area contributed by atoms with Gasteiger partial charge in [-0.2, -0.15) is 0 Å². The third-order valence-electron chi connectivity index (χ3n) is 4.88. The number of carbonyl (C=O) groups is 2. The third kappa shape index (κ3) is 5.52. The number of amides is 1. The number of ketones is 1. The first-order valence-corrected chi connectivity index (χ1v) is 10.9. The van der Waals surface area contributed by atoms with Crippen LogP contribution in [0.2, 0.25) is 0 Å². The molecular weight excluding hydrogens is 412 g/mol. The zero-order chi connectivity index (χ0) is 22.4. The van der Waals surface area contributed by atoms with E-state index in [1.165, 1.54) is 11.8 Å². The van der Waals surface area contributed by atoms with Crippen LogP contribution < -0.4 is 10.1 Å². The highest BCUT2D eigenvalue weighted by molar-refractivity contribution is 7.99. The predicted molar refractivity (Wildman–Crippen MR) is 121 cm³/mol. The molecule has 8 heteroatoms.